The number of aromatic nitrogens is 8. The number of rotatable bonds is 6. The van der Waals surface area contributed by atoms with Gasteiger partial charge in [0.25, 0.3) is 0 Å². The molecule has 0 amide bonds. The molecule has 15 heteroatoms. The van der Waals surface area contributed by atoms with Crippen molar-refractivity contribution in [3.63, 3.8) is 0 Å². The van der Waals surface area contributed by atoms with E-state index in [2.05, 4.69) is 25.5 Å². The van der Waals surface area contributed by atoms with E-state index in [1.807, 2.05) is 0 Å². The number of nitrogens with zero attached hydrogens (tertiary/aromatic N) is 9. The van der Waals surface area contributed by atoms with Crippen LogP contribution >= 0.6 is 23.2 Å². The largest absolute Gasteiger partial charge is 0.355 e. The summed E-state index contributed by atoms with van der Waals surface area (Å²) in [6.45, 7) is -0.487. The van der Waals surface area contributed by atoms with Crippen LogP contribution in [0.5, 0.6) is 0 Å². The molecular formula is C23H17Cl2FN10O2. The van der Waals surface area contributed by atoms with Gasteiger partial charge in [0, 0.05) is 30.7 Å². The number of anilines is 2. The fraction of sp³-hybridized carbons (Fsp3) is 0.174. The first-order valence-corrected chi connectivity index (χ1v) is 11.7. The third-order valence-electron chi connectivity index (χ3n) is 5.64. The molecule has 0 spiro atoms. The Kier molecular flexibility index (Phi) is 6.43. The van der Waals surface area contributed by atoms with E-state index in [0.29, 0.717) is 11.2 Å². The van der Waals surface area contributed by atoms with Crippen molar-refractivity contribution in [2.24, 2.45) is 14.1 Å². The van der Waals surface area contributed by atoms with E-state index < -0.39 is 17.2 Å². The van der Waals surface area contributed by atoms with Crippen LogP contribution in [-0.4, -0.2) is 38.7 Å². The van der Waals surface area contributed by atoms with Crippen molar-refractivity contribution in [3.05, 3.63) is 90.6 Å². The van der Waals surface area contributed by atoms with Crippen LogP contribution in [0.1, 0.15) is 17.0 Å². The Bertz CT molecular complexity index is 1880. The molecule has 0 saturated heterocycles. The van der Waals surface area contributed by atoms with Gasteiger partial charge in [-0.15, -0.1) is 0 Å². The van der Waals surface area contributed by atoms with Crippen LogP contribution in [0.3, 0.4) is 0 Å². The highest BCUT2D eigenvalue weighted by molar-refractivity contribution is 6.34. The van der Waals surface area contributed by atoms with Gasteiger partial charge in [-0.3, -0.25) is 13.9 Å². The number of nitrogens with one attached hydrogen (secondary N) is 1. The lowest BCUT2D eigenvalue weighted by Crippen LogP contribution is -2.43. The van der Waals surface area contributed by atoms with E-state index in [0.717, 1.165) is 20.6 Å². The predicted octanol–water partition coefficient (Wildman–Crippen LogP) is 2.58. The van der Waals surface area contributed by atoms with E-state index in [4.69, 9.17) is 23.2 Å². The van der Waals surface area contributed by atoms with Crippen LogP contribution in [0.2, 0.25) is 10.0 Å². The molecule has 12 nitrogen and oxygen atoms in total. The van der Waals surface area contributed by atoms with Gasteiger partial charge >= 0.3 is 11.4 Å². The molecule has 0 unspecified atom stereocenters. The molecule has 0 aliphatic carbocycles. The Morgan fingerprint density at radius 3 is 2.53 bits per heavy atom. The van der Waals surface area contributed by atoms with Crippen LogP contribution in [0, 0.1) is 17.1 Å². The lowest BCUT2D eigenvalue weighted by Gasteiger charge is -2.16. The Balaban J connectivity index is 1.65. The van der Waals surface area contributed by atoms with Crippen LogP contribution in [0.25, 0.3) is 10.9 Å². The van der Waals surface area contributed by atoms with E-state index in [-0.39, 0.29) is 46.0 Å². The van der Waals surface area contributed by atoms with Crippen molar-refractivity contribution < 1.29 is 4.39 Å². The Morgan fingerprint density at radius 1 is 1.03 bits per heavy atom. The fourth-order valence-electron chi connectivity index (χ4n) is 3.86. The zero-order chi connectivity index (χ0) is 27.1. The van der Waals surface area contributed by atoms with Gasteiger partial charge in [-0.05, 0) is 29.8 Å². The topological polar surface area (TPSA) is 141 Å². The third kappa shape index (κ3) is 4.74. The van der Waals surface area contributed by atoms with Crippen LogP contribution < -0.4 is 16.7 Å². The fourth-order valence-corrected chi connectivity index (χ4v) is 4.27. The first kappa shape index (κ1) is 25.1. The minimum atomic E-state index is -0.859. The second kappa shape index (κ2) is 9.73. The van der Waals surface area contributed by atoms with Crippen LogP contribution in [-0.2, 0) is 27.2 Å². The second-order valence-corrected chi connectivity index (χ2v) is 9.18. The Morgan fingerprint density at radius 2 is 1.82 bits per heavy atom. The number of benzene rings is 2. The Labute approximate surface area is 223 Å². The predicted molar refractivity (Wildman–Crippen MR) is 137 cm³/mol. The summed E-state index contributed by atoms with van der Waals surface area (Å²) in [5, 5.41) is 21.6. The van der Waals surface area contributed by atoms with Crippen molar-refractivity contribution in [1.29, 1.82) is 5.26 Å². The normalized spacial score (nSPS) is 11.2. The molecule has 192 valence electrons. The monoisotopic (exact) mass is 554 g/mol. The van der Waals surface area contributed by atoms with Gasteiger partial charge in [0.15, 0.2) is 5.82 Å². The standard InChI is InChI=1S/C23H17Cl2FN10O2/c1-33-8-14-4-19(16(25)6-18(14)31-33)29-21-30-22(37)36(10-20-28-11-34(2)32-20)23(38)35(21)9-13-3-12(7-27)17(26)5-15(13)24/h3-6,8,11H,9-10H2,1-2H3,(H,29,30,37). The minimum absolute atomic E-state index is 0.0155. The van der Waals surface area contributed by atoms with Gasteiger partial charge in [0.2, 0.25) is 5.95 Å². The maximum atomic E-state index is 14.1. The highest BCUT2D eigenvalue weighted by Gasteiger charge is 2.19. The van der Waals surface area contributed by atoms with E-state index in [1.54, 1.807) is 43.2 Å². The SMILES string of the molecule is Cn1cnc(Cn2c(=O)nc(Nc3cc4cn(C)nc4cc3Cl)n(Cc3cc(C#N)c(F)cc3Cl)c2=O)n1. The van der Waals surface area contributed by atoms with Crippen molar-refractivity contribution in [2.45, 2.75) is 13.1 Å². The first-order chi connectivity index (χ1) is 18.1. The van der Waals surface area contributed by atoms with Gasteiger partial charge in [-0.25, -0.2) is 23.5 Å². The molecule has 38 heavy (non-hydrogen) atoms. The first-order valence-electron chi connectivity index (χ1n) is 11.0. The van der Waals surface area contributed by atoms with Crippen molar-refractivity contribution in [1.82, 2.24) is 38.7 Å². The third-order valence-corrected chi connectivity index (χ3v) is 6.30. The molecule has 3 aromatic heterocycles. The lowest BCUT2D eigenvalue weighted by molar-refractivity contribution is 0.572. The zero-order valence-corrected chi connectivity index (χ0v) is 21.4. The molecule has 0 aliphatic rings. The maximum Gasteiger partial charge on any atom is 0.355 e. The van der Waals surface area contributed by atoms with Gasteiger partial charge in [0.1, 0.15) is 18.2 Å². The summed E-state index contributed by atoms with van der Waals surface area (Å²) in [6.07, 6.45) is 3.21. The molecule has 1 N–H and O–H groups in total. The molecule has 5 rings (SSSR count). The van der Waals surface area contributed by atoms with Crippen molar-refractivity contribution >= 4 is 45.7 Å². The molecule has 0 aliphatic heterocycles. The number of nitriles is 1. The molecular weight excluding hydrogens is 538 g/mol. The average Bonchev–Trinajstić information content (AvgIpc) is 3.44. The highest BCUT2D eigenvalue weighted by atomic mass is 35.5. The molecule has 0 radical (unpaired) electrons. The summed E-state index contributed by atoms with van der Waals surface area (Å²) in [6, 6.07) is 7.30. The van der Waals surface area contributed by atoms with E-state index >= 15 is 0 Å². The number of halogens is 3. The van der Waals surface area contributed by atoms with Crippen LogP contribution in [0.15, 0.2) is 46.4 Å². The quantitative estimate of drug-likeness (QED) is 0.337. The average molecular weight is 555 g/mol. The summed E-state index contributed by atoms with van der Waals surface area (Å²) in [7, 11) is 3.41. The van der Waals surface area contributed by atoms with Gasteiger partial charge in [0.05, 0.1) is 34.9 Å². The molecule has 0 fully saturated rings. The minimum Gasteiger partial charge on any atom is -0.324 e. The number of hydrogen-bond donors (Lipinski definition) is 1. The molecule has 0 bridgehead atoms. The summed E-state index contributed by atoms with van der Waals surface area (Å²) in [5.41, 5.74) is -0.615. The smallest absolute Gasteiger partial charge is 0.324 e. The molecule has 0 atom stereocenters. The number of aryl methyl sites for hydroxylation is 2. The molecule has 5 aromatic rings. The van der Waals surface area contributed by atoms with Crippen LogP contribution in [0.4, 0.5) is 16.0 Å². The zero-order valence-electron chi connectivity index (χ0n) is 19.9. The number of hydrogen-bond acceptors (Lipinski definition) is 8. The van der Waals surface area contributed by atoms with Gasteiger partial charge in [-0.1, -0.05) is 23.2 Å². The maximum absolute atomic E-state index is 14.1. The summed E-state index contributed by atoms with van der Waals surface area (Å²) >= 11 is 12.7. The van der Waals surface area contributed by atoms with Gasteiger partial charge < -0.3 is 5.32 Å². The summed E-state index contributed by atoms with van der Waals surface area (Å²) < 4.78 is 19.1. The molecule has 3 heterocycles. The number of fused-ring (bicyclic) bond motifs is 1. The lowest BCUT2D eigenvalue weighted by atomic mass is 10.1. The molecule has 2 aromatic carbocycles. The Hall–Kier alpha value is -4.54. The molecule has 0 saturated carbocycles. The van der Waals surface area contributed by atoms with Gasteiger partial charge in [-0.2, -0.15) is 20.4 Å². The highest BCUT2D eigenvalue weighted by Crippen LogP contribution is 2.29. The summed E-state index contributed by atoms with van der Waals surface area (Å²) in [5.74, 6) is -0.723. The van der Waals surface area contributed by atoms with E-state index in [1.165, 1.54) is 17.1 Å². The second-order valence-electron chi connectivity index (χ2n) is 8.36. The van der Waals surface area contributed by atoms with E-state index in [9.17, 15) is 19.2 Å². The van der Waals surface area contributed by atoms with Crippen molar-refractivity contribution in [3.8, 4) is 6.07 Å². The summed E-state index contributed by atoms with van der Waals surface area (Å²) in [4.78, 5) is 34.7. The van der Waals surface area contributed by atoms with Crippen molar-refractivity contribution in [2.75, 3.05) is 5.32 Å².